The Labute approximate surface area is 130 Å². The Balaban J connectivity index is 2.41. The van der Waals surface area contributed by atoms with Gasteiger partial charge < -0.3 is 4.18 Å². The van der Waals surface area contributed by atoms with Crippen molar-refractivity contribution in [3.8, 4) is 5.75 Å². The molecule has 0 amide bonds. The Morgan fingerprint density at radius 3 is 2.14 bits per heavy atom. The van der Waals surface area contributed by atoms with E-state index in [1.54, 1.807) is 0 Å². The van der Waals surface area contributed by atoms with E-state index in [-0.39, 0.29) is 9.92 Å². The number of nitrogens with zero attached hydrogens (tertiary/aromatic N) is 1. The molecule has 0 aliphatic heterocycles. The molecule has 110 valence electrons. The molecule has 2 aromatic carbocycles. The van der Waals surface area contributed by atoms with Gasteiger partial charge >= 0.3 is 15.8 Å². The Morgan fingerprint density at radius 2 is 1.57 bits per heavy atom. The molecule has 6 nitrogen and oxygen atoms in total. The van der Waals surface area contributed by atoms with Gasteiger partial charge in [-0.3, -0.25) is 10.1 Å². The second kappa shape index (κ2) is 5.88. The highest BCUT2D eigenvalue weighted by molar-refractivity contribution is 7.87. The van der Waals surface area contributed by atoms with Gasteiger partial charge in [-0.1, -0.05) is 23.2 Å². The molecule has 9 heteroatoms. The minimum atomic E-state index is -4.21. The fourth-order valence-corrected chi connectivity index (χ4v) is 2.71. The second-order valence-electron chi connectivity index (χ2n) is 3.86. The standard InChI is InChI=1S/C12H7Cl2NO5S/c13-8-1-4-10(5-2-8)21(18,19)20-12-6-3-9(14)7-11(12)15(16)17/h1-7H. The minimum Gasteiger partial charge on any atom is -0.372 e. The van der Waals surface area contributed by atoms with Crippen molar-refractivity contribution in [2.24, 2.45) is 0 Å². The lowest BCUT2D eigenvalue weighted by Crippen LogP contribution is -2.10. The maximum absolute atomic E-state index is 12.1. The average Bonchev–Trinajstić information content (AvgIpc) is 2.41. The summed E-state index contributed by atoms with van der Waals surface area (Å²) >= 11 is 11.3. The summed E-state index contributed by atoms with van der Waals surface area (Å²) in [6.45, 7) is 0. The Kier molecular flexibility index (Phi) is 4.36. The molecule has 0 aromatic heterocycles. The van der Waals surface area contributed by atoms with Gasteiger partial charge in [0.05, 0.1) is 4.92 Å². The third-order valence-electron chi connectivity index (χ3n) is 2.42. The first kappa shape index (κ1) is 15.6. The Bertz CT molecular complexity index is 790. The van der Waals surface area contributed by atoms with Crippen LogP contribution >= 0.6 is 23.2 Å². The van der Waals surface area contributed by atoms with Crippen molar-refractivity contribution >= 4 is 39.0 Å². The molecule has 0 saturated heterocycles. The SMILES string of the molecule is O=[N+]([O-])c1cc(Cl)ccc1OS(=O)(=O)c1ccc(Cl)cc1. The predicted molar refractivity (Wildman–Crippen MR) is 77.4 cm³/mol. The van der Waals surface area contributed by atoms with Crippen LogP contribution in [0, 0.1) is 10.1 Å². The highest BCUT2D eigenvalue weighted by Crippen LogP contribution is 2.32. The molecule has 0 bridgehead atoms. The number of rotatable bonds is 4. The van der Waals surface area contributed by atoms with Crippen LogP contribution in [0.5, 0.6) is 5.75 Å². The molecule has 0 aliphatic carbocycles. The second-order valence-corrected chi connectivity index (χ2v) is 6.28. The van der Waals surface area contributed by atoms with E-state index >= 15 is 0 Å². The molecule has 0 spiro atoms. The van der Waals surface area contributed by atoms with Crippen LogP contribution in [0.3, 0.4) is 0 Å². The first-order valence-electron chi connectivity index (χ1n) is 5.43. The molecule has 0 aliphatic rings. The van der Waals surface area contributed by atoms with Gasteiger partial charge in [0.2, 0.25) is 5.75 Å². The molecule has 21 heavy (non-hydrogen) atoms. The molecule has 0 heterocycles. The quantitative estimate of drug-likeness (QED) is 0.478. The lowest BCUT2D eigenvalue weighted by molar-refractivity contribution is -0.385. The van der Waals surface area contributed by atoms with Crippen molar-refractivity contribution in [2.75, 3.05) is 0 Å². The van der Waals surface area contributed by atoms with Crippen molar-refractivity contribution in [3.05, 3.63) is 62.6 Å². The molecule has 0 unspecified atom stereocenters. The van der Waals surface area contributed by atoms with Gasteiger partial charge in [0, 0.05) is 16.1 Å². The Hall–Kier alpha value is -1.83. The molecule has 0 N–H and O–H groups in total. The predicted octanol–water partition coefficient (Wildman–Crippen LogP) is 3.67. The fourth-order valence-electron chi connectivity index (χ4n) is 1.47. The van der Waals surface area contributed by atoms with Crippen LogP contribution < -0.4 is 4.18 Å². The lowest BCUT2D eigenvalue weighted by atomic mass is 10.3. The van der Waals surface area contributed by atoms with Crippen LogP contribution in [-0.4, -0.2) is 13.3 Å². The normalized spacial score (nSPS) is 11.1. The molecule has 2 rings (SSSR count). The number of nitro benzene ring substituents is 1. The lowest BCUT2D eigenvalue weighted by Gasteiger charge is -2.07. The van der Waals surface area contributed by atoms with Gasteiger partial charge in [0.1, 0.15) is 4.90 Å². The zero-order chi connectivity index (χ0) is 15.6. The first-order chi connectivity index (χ1) is 9.79. The zero-order valence-corrected chi connectivity index (χ0v) is 12.5. The number of halogens is 2. The molecule has 0 atom stereocenters. The summed E-state index contributed by atoms with van der Waals surface area (Å²) in [5, 5.41) is 11.3. The van der Waals surface area contributed by atoms with Gasteiger partial charge in [-0.15, -0.1) is 0 Å². The number of hydrogen-bond donors (Lipinski definition) is 0. The van der Waals surface area contributed by atoms with Crippen molar-refractivity contribution in [2.45, 2.75) is 4.90 Å². The van der Waals surface area contributed by atoms with Crippen LogP contribution in [0.4, 0.5) is 5.69 Å². The summed E-state index contributed by atoms with van der Waals surface area (Å²) in [4.78, 5) is 9.95. The van der Waals surface area contributed by atoms with E-state index in [0.29, 0.717) is 5.02 Å². The van der Waals surface area contributed by atoms with E-state index in [9.17, 15) is 18.5 Å². The summed E-state index contributed by atoms with van der Waals surface area (Å²) < 4.78 is 28.9. The van der Waals surface area contributed by atoms with Gasteiger partial charge in [-0.25, -0.2) is 0 Å². The van der Waals surface area contributed by atoms with E-state index in [1.807, 2.05) is 0 Å². The van der Waals surface area contributed by atoms with Crippen molar-refractivity contribution in [1.29, 1.82) is 0 Å². The highest BCUT2D eigenvalue weighted by Gasteiger charge is 2.23. The van der Waals surface area contributed by atoms with Gasteiger partial charge in [-0.05, 0) is 36.4 Å². The van der Waals surface area contributed by atoms with Crippen molar-refractivity contribution in [3.63, 3.8) is 0 Å². The van der Waals surface area contributed by atoms with Crippen LogP contribution in [0.2, 0.25) is 10.0 Å². The molecular formula is C12H7Cl2NO5S. The topological polar surface area (TPSA) is 86.5 Å². The van der Waals surface area contributed by atoms with E-state index in [4.69, 9.17) is 27.4 Å². The van der Waals surface area contributed by atoms with Crippen LogP contribution in [0.15, 0.2) is 47.4 Å². The van der Waals surface area contributed by atoms with Gasteiger partial charge in [0.15, 0.2) is 0 Å². The average molecular weight is 348 g/mol. The number of hydrogen-bond acceptors (Lipinski definition) is 5. The fraction of sp³-hybridized carbons (Fsp3) is 0. The van der Waals surface area contributed by atoms with Gasteiger partial charge in [-0.2, -0.15) is 8.42 Å². The Morgan fingerprint density at radius 1 is 1.00 bits per heavy atom. The van der Waals surface area contributed by atoms with Gasteiger partial charge in [0.25, 0.3) is 0 Å². The van der Waals surface area contributed by atoms with Crippen LogP contribution in [0.1, 0.15) is 0 Å². The summed E-state index contributed by atoms with van der Waals surface area (Å²) in [7, 11) is -4.21. The summed E-state index contributed by atoms with van der Waals surface area (Å²) in [6.07, 6.45) is 0. The summed E-state index contributed by atoms with van der Waals surface area (Å²) in [6, 6.07) is 8.63. The summed E-state index contributed by atoms with van der Waals surface area (Å²) in [5.41, 5.74) is -0.542. The van der Waals surface area contributed by atoms with Crippen molar-refractivity contribution < 1.29 is 17.5 Å². The first-order valence-corrected chi connectivity index (χ1v) is 7.60. The third kappa shape index (κ3) is 3.63. The monoisotopic (exact) mass is 347 g/mol. The minimum absolute atomic E-state index is 0.0953. The molecule has 0 fully saturated rings. The molecule has 2 aromatic rings. The maximum atomic E-state index is 12.1. The smallest absolute Gasteiger partial charge is 0.339 e. The largest absolute Gasteiger partial charge is 0.372 e. The van der Waals surface area contributed by atoms with E-state index in [2.05, 4.69) is 0 Å². The molecule has 0 radical (unpaired) electrons. The molecular weight excluding hydrogens is 341 g/mol. The number of benzene rings is 2. The van der Waals surface area contributed by atoms with Crippen molar-refractivity contribution in [1.82, 2.24) is 0 Å². The zero-order valence-electron chi connectivity index (χ0n) is 10.2. The van der Waals surface area contributed by atoms with Crippen LogP contribution in [0.25, 0.3) is 0 Å². The third-order valence-corrected chi connectivity index (χ3v) is 4.16. The van der Waals surface area contributed by atoms with E-state index in [1.165, 1.54) is 30.3 Å². The highest BCUT2D eigenvalue weighted by atomic mass is 35.5. The van der Waals surface area contributed by atoms with Crippen LogP contribution in [-0.2, 0) is 10.1 Å². The van der Waals surface area contributed by atoms with E-state index in [0.717, 1.165) is 12.1 Å². The van der Waals surface area contributed by atoms with E-state index < -0.39 is 26.5 Å². The maximum Gasteiger partial charge on any atom is 0.339 e. The summed E-state index contributed by atoms with van der Waals surface area (Å²) in [5.74, 6) is -0.417. The molecule has 0 saturated carbocycles. The number of nitro groups is 1.